The molecule has 110 valence electrons. The molecule has 0 aliphatic heterocycles. The first-order chi connectivity index (χ1) is 9.91. The maximum absolute atomic E-state index is 13.9. The van der Waals surface area contributed by atoms with E-state index in [9.17, 15) is 14.3 Å². The van der Waals surface area contributed by atoms with Crippen LogP contribution in [0, 0.1) is 12.7 Å². The van der Waals surface area contributed by atoms with E-state index in [-0.39, 0.29) is 17.4 Å². The van der Waals surface area contributed by atoms with Gasteiger partial charge in [0.25, 0.3) is 0 Å². The normalized spacial score (nSPS) is 12.0. The number of aromatic carboxylic acids is 1. The molecule has 0 bridgehead atoms. The lowest BCUT2D eigenvalue weighted by molar-refractivity contribution is 0.0697. The third-order valence-electron chi connectivity index (χ3n) is 3.70. The van der Waals surface area contributed by atoms with Crippen molar-refractivity contribution in [3.8, 4) is 0 Å². The van der Waals surface area contributed by atoms with Gasteiger partial charge in [-0.25, -0.2) is 9.18 Å². The number of anilines is 1. The van der Waals surface area contributed by atoms with Crippen molar-refractivity contribution >= 4 is 11.7 Å². The van der Waals surface area contributed by atoms with E-state index >= 15 is 0 Å². The Balaban J connectivity index is 2.43. The first kappa shape index (κ1) is 15.0. The number of carboxylic acid groups (broad SMARTS) is 1. The van der Waals surface area contributed by atoms with Crippen LogP contribution in [0.25, 0.3) is 0 Å². The van der Waals surface area contributed by atoms with Crippen LogP contribution in [0.3, 0.4) is 0 Å². The molecule has 0 amide bonds. The van der Waals surface area contributed by atoms with Crippen LogP contribution < -0.4 is 4.90 Å². The maximum atomic E-state index is 13.9. The molecular weight excluding hydrogens is 269 g/mol. The van der Waals surface area contributed by atoms with Crippen LogP contribution in [0.4, 0.5) is 10.1 Å². The van der Waals surface area contributed by atoms with Gasteiger partial charge in [-0.1, -0.05) is 29.8 Å². The zero-order valence-electron chi connectivity index (χ0n) is 12.3. The van der Waals surface area contributed by atoms with E-state index in [0.717, 1.165) is 5.56 Å². The van der Waals surface area contributed by atoms with Gasteiger partial charge in [0.2, 0.25) is 0 Å². The molecule has 2 aromatic rings. The Morgan fingerprint density at radius 3 is 2.52 bits per heavy atom. The van der Waals surface area contributed by atoms with E-state index in [2.05, 4.69) is 0 Å². The summed E-state index contributed by atoms with van der Waals surface area (Å²) in [5.74, 6) is -1.28. The number of hydrogen-bond acceptors (Lipinski definition) is 2. The van der Waals surface area contributed by atoms with Crippen molar-refractivity contribution in [3.63, 3.8) is 0 Å². The molecule has 0 aliphatic carbocycles. The van der Waals surface area contributed by atoms with Gasteiger partial charge in [0, 0.05) is 12.6 Å². The molecule has 0 spiro atoms. The molecule has 0 radical (unpaired) electrons. The van der Waals surface area contributed by atoms with Gasteiger partial charge in [-0.3, -0.25) is 0 Å². The Labute approximate surface area is 123 Å². The Bertz CT molecular complexity index is 670. The highest BCUT2D eigenvalue weighted by atomic mass is 19.1. The summed E-state index contributed by atoms with van der Waals surface area (Å²) in [7, 11) is 1.77. The average molecular weight is 287 g/mol. The topological polar surface area (TPSA) is 40.5 Å². The number of hydrogen-bond donors (Lipinski definition) is 1. The Kier molecular flexibility index (Phi) is 4.26. The number of rotatable bonds is 4. The lowest BCUT2D eigenvalue weighted by atomic mass is 10.0. The second-order valence-corrected chi connectivity index (χ2v) is 5.13. The molecule has 0 saturated carbocycles. The van der Waals surface area contributed by atoms with Crippen LogP contribution in [-0.2, 0) is 0 Å². The fraction of sp³-hybridized carbons (Fsp3) is 0.235. The Hall–Kier alpha value is -2.36. The molecule has 1 unspecified atom stereocenters. The SMILES string of the molecule is Cc1ccc(N(C)C(C)c2ccccc2F)c(C(=O)O)c1. The molecule has 1 N–H and O–H groups in total. The van der Waals surface area contributed by atoms with Crippen molar-refractivity contribution < 1.29 is 14.3 Å². The van der Waals surface area contributed by atoms with Crippen LogP contribution in [0.15, 0.2) is 42.5 Å². The van der Waals surface area contributed by atoms with Crippen molar-refractivity contribution in [1.29, 1.82) is 0 Å². The van der Waals surface area contributed by atoms with Gasteiger partial charge in [-0.2, -0.15) is 0 Å². The number of carboxylic acids is 1. The Morgan fingerprint density at radius 1 is 1.24 bits per heavy atom. The van der Waals surface area contributed by atoms with Gasteiger partial charge in [0.15, 0.2) is 0 Å². The summed E-state index contributed by atoms with van der Waals surface area (Å²) in [6.07, 6.45) is 0. The summed E-state index contributed by atoms with van der Waals surface area (Å²) >= 11 is 0. The maximum Gasteiger partial charge on any atom is 0.337 e. The third kappa shape index (κ3) is 3.05. The fourth-order valence-electron chi connectivity index (χ4n) is 2.36. The fourth-order valence-corrected chi connectivity index (χ4v) is 2.36. The van der Waals surface area contributed by atoms with Gasteiger partial charge >= 0.3 is 5.97 Å². The highest BCUT2D eigenvalue weighted by Gasteiger charge is 2.20. The number of benzene rings is 2. The van der Waals surface area contributed by atoms with Crippen molar-refractivity contribution in [2.45, 2.75) is 19.9 Å². The minimum atomic E-state index is -0.985. The highest BCUT2D eigenvalue weighted by molar-refractivity contribution is 5.94. The van der Waals surface area contributed by atoms with E-state index in [1.54, 1.807) is 42.3 Å². The predicted octanol–water partition coefficient (Wildman–Crippen LogP) is 4.03. The summed E-state index contributed by atoms with van der Waals surface area (Å²) < 4.78 is 13.9. The van der Waals surface area contributed by atoms with Gasteiger partial charge in [-0.15, -0.1) is 0 Å². The van der Waals surface area contributed by atoms with Gasteiger partial charge in [0.05, 0.1) is 17.3 Å². The monoisotopic (exact) mass is 287 g/mol. The number of nitrogens with zero attached hydrogens (tertiary/aromatic N) is 1. The zero-order valence-corrected chi connectivity index (χ0v) is 12.3. The second kappa shape index (κ2) is 5.95. The molecule has 2 rings (SSSR count). The molecule has 0 fully saturated rings. The molecule has 21 heavy (non-hydrogen) atoms. The molecular formula is C17H18FNO2. The number of halogens is 1. The highest BCUT2D eigenvalue weighted by Crippen LogP contribution is 2.30. The van der Waals surface area contributed by atoms with Crippen LogP contribution in [0.2, 0.25) is 0 Å². The van der Waals surface area contributed by atoms with E-state index in [0.29, 0.717) is 11.3 Å². The largest absolute Gasteiger partial charge is 0.478 e. The van der Waals surface area contributed by atoms with Gasteiger partial charge < -0.3 is 10.0 Å². The van der Waals surface area contributed by atoms with Crippen LogP contribution >= 0.6 is 0 Å². The van der Waals surface area contributed by atoms with E-state index in [1.165, 1.54) is 6.07 Å². The van der Waals surface area contributed by atoms with Crippen LogP contribution in [0.5, 0.6) is 0 Å². The smallest absolute Gasteiger partial charge is 0.337 e. The lowest BCUT2D eigenvalue weighted by Crippen LogP contribution is -2.24. The minimum Gasteiger partial charge on any atom is -0.478 e. The van der Waals surface area contributed by atoms with E-state index < -0.39 is 5.97 Å². The summed E-state index contributed by atoms with van der Waals surface area (Å²) in [6.45, 7) is 3.69. The molecule has 2 aromatic carbocycles. The van der Waals surface area contributed by atoms with Crippen LogP contribution in [-0.4, -0.2) is 18.1 Å². The summed E-state index contributed by atoms with van der Waals surface area (Å²) in [5.41, 5.74) is 2.21. The quantitative estimate of drug-likeness (QED) is 0.923. The van der Waals surface area contributed by atoms with Crippen molar-refractivity contribution in [1.82, 2.24) is 0 Å². The third-order valence-corrected chi connectivity index (χ3v) is 3.70. The average Bonchev–Trinajstić information content (AvgIpc) is 2.46. The van der Waals surface area contributed by atoms with Gasteiger partial charge in [0.1, 0.15) is 5.82 Å². The van der Waals surface area contributed by atoms with Crippen LogP contribution in [0.1, 0.15) is 34.5 Å². The Morgan fingerprint density at radius 2 is 1.90 bits per heavy atom. The molecule has 0 saturated heterocycles. The zero-order chi connectivity index (χ0) is 15.6. The molecule has 1 atom stereocenters. The van der Waals surface area contributed by atoms with E-state index in [1.807, 2.05) is 19.9 Å². The molecule has 0 aromatic heterocycles. The second-order valence-electron chi connectivity index (χ2n) is 5.13. The molecule has 4 heteroatoms. The lowest BCUT2D eigenvalue weighted by Gasteiger charge is -2.29. The molecule has 0 heterocycles. The van der Waals surface area contributed by atoms with Crippen molar-refractivity contribution in [2.24, 2.45) is 0 Å². The standard InChI is InChI=1S/C17H18FNO2/c1-11-8-9-16(14(10-11)17(20)21)19(3)12(2)13-6-4-5-7-15(13)18/h4-10,12H,1-3H3,(H,20,21). The van der Waals surface area contributed by atoms with E-state index in [4.69, 9.17) is 0 Å². The summed E-state index contributed by atoms with van der Waals surface area (Å²) in [5, 5.41) is 9.35. The van der Waals surface area contributed by atoms with Crippen molar-refractivity contribution in [2.75, 3.05) is 11.9 Å². The number of carbonyl (C=O) groups is 1. The summed E-state index contributed by atoms with van der Waals surface area (Å²) in [4.78, 5) is 13.2. The summed E-state index contributed by atoms with van der Waals surface area (Å²) in [6, 6.07) is 11.5. The molecule has 0 aliphatic rings. The minimum absolute atomic E-state index is 0.223. The first-order valence-corrected chi connectivity index (χ1v) is 6.73. The van der Waals surface area contributed by atoms with Crippen molar-refractivity contribution in [3.05, 3.63) is 65.0 Å². The first-order valence-electron chi connectivity index (χ1n) is 6.73. The molecule has 3 nitrogen and oxygen atoms in total. The number of aryl methyl sites for hydroxylation is 1. The predicted molar refractivity (Wildman–Crippen MR) is 81.4 cm³/mol. The van der Waals surface area contributed by atoms with Gasteiger partial charge in [-0.05, 0) is 32.0 Å².